The van der Waals surface area contributed by atoms with Crippen molar-refractivity contribution in [1.29, 1.82) is 0 Å². The number of carbonyl (C=O) groups is 1. The zero-order chi connectivity index (χ0) is 22.1. The highest BCUT2D eigenvalue weighted by Gasteiger charge is 2.23. The first-order chi connectivity index (χ1) is 14.9. The highest BCUT2D eigenvalue weighted by Crippen LogP contribution is 2.38. The number of aromatic hydroxyl groups is 1. The van der Waals surface area contributed by atoms with E-state index in [0.29, 0.717) is 45.3 Å². The van der Waals surface area contributed by atoms with Crippen LogP contribution in [0.25, 0.3) is 21.7 Å². The molecule has 0 unspecified atom stereocenters. The van der Waals surface area contributed by atoms with E-state index in [1.54, 1.807) is 31.2 Å². The molecule has 0 fully saturated rings. The van der Waals surface area contributed by atoms with E-state index < -0.39 is 5.97 Å². The lowest BCUT2D eigenvalue weighted by Gasteiger charge is -2.13. The van der Waals surface area contributed by atoms with Gasteiger partial charge in [-0.1, -0.05) is 53.5 Å². The average molecular weight is 458 g/mol. The summed E-state index contributed by atoms with van der Waals surface area (Å²) in [6.07, 6.45) is 0. The van der Waals surface area contributed by atoms with E-state index in [4.69, 9.17) is 32.7 Å². The third kappa shape index (κ3) is 3.80. The Bertz CT molecular complexity index is 1300. The maximum absolute atomic E-state index is 12.7. The quantitative estimate of drug-likeness (QED) is 0.341. The van der Waals surface area contributed by atoms with Crippen LogP contribution in [0.3, 0.4) is 0 Å². The van der Waals surface area contributed by atoms with Gasteiger partial charge in [-0.15, -0.1) is 0 Å². The van der Waals surface area contributed by atoms with E-state index in [9.17, 15) is 9.90 Å². The zero-order valence-corrected chi connectivity index (χ0v) is 18.6. The Kier molecular flexibility index (Phi) is 5.99. The smallest absolute Gasteiger partial charge is 0.340 e. The summed E-state index contributed by atoms with van der Waals surface area (Å²) in [7, 11) is 0. The van der Waals surface area contributed by atoms with Crippen LogP contribution in [0.2, 0.25) is 10.0 Å². The van der Waals surface area contributed by atoms with Gasteiger partial charge in [-0.25, -0.2) is 4.79 Å². The van der Waals surface area contributed by atoms with Gasteiger partial charge >= 0.3 is 5.97 Å². The van der Waals surface area contributed by atoms with Crippen LogP contribution in [-0.4, -0.2) is 28.9 Å². The molecule has 0 saturated carbocycles. The number of hydrogen-bond donors (Lipinski definition) is 1. The second kappa shape index (κ2) is 8.69. The number of phenols is 1. The third-order valence-corrected chi connectivity index (χ3v) is 6.07. The van der Waals surface area contributed by atoms with Crippen LogP contribution in [0.4, 0.5) is 0 Å². The predicted octanol–water partition coefficient (Wildman–Crippen LogP) is 6.37. The van der Waals surface area contributed by atoms with Crippen LogP contribution < -0.4 is 4.74 Å². The summed E-state index contributed by atoms with van der Waals surface area (Å²) in [6, 6.07) is 14.4. The molecule has 31 heavy (non-hydrogen) atoms. The Morgan fingerprint density at radius 3 is 2.55 bits per heavy atom. The number of carbonyl (C=O) groups excluding carboxylic acids is 1. The summed E-state index contributed by atoms with van der Waals surface area (Å²) < 4.78 is 13.2. The maximum atomic E-state index is 12.7. The van der Waals surface area contributed by atoms with Crippen molar-refractivity contribution in [1.82, 2.24) is 4.57 Å². The van der Waals surface area contributed by atoms with Crippen molar-refractivity contribution >= 4 is 50.8 Å². The largest absolute Gasteiger partial charge is 0.507 e. The zero-order valence-electron chi connectivity index (χ0n) is 17.1. The van der Waals surface area contributed by atoms with Gasteiger partial charge in [0.2, 0.25) is 0 Å². The van der Waals surface area contributed by atoms with E-state index in [1.165, 1.54) is 0 Å². The first-order valence-corrected chi connectivity index (χ1v) is 10.7. The molecule has 4 aromatic rings. The van der Waals surface area contributed by atoms with E-state index in [0.717, 1.165) is 16.6 Å². The number of esters is 1. The monoisotopic (exact) mass is 457 g/mol. The van der Waals surface area contributed by atoms with Crippen molar-refractivity contribution in [3.63, 3.8) is 0 Å². The van der Waals surface area contributed by atoms with Gasteiger partial charge in [-0.3, -0.25) is 0 Å². The lowest BCUT2D eigenvalue weighted by atomic mass is 10.0. The van der Waals surface area contributed by atoms with Crippen LogP contribution in [-0.2, 0) is 11.3 Å². The first kappa shape index (κ1) is 21.3. The normalized spacial score (nSPS) is 11.2. The molecule has 0 aliphatic carbocycles. The molecule has 1 aromatic heterocycles. The van der Waals surface area contributed by atoms with Crippen molar-refractivity contribution in [3.8, 4) is 11.5 Å². The molecule has 7 heteroatoms. The molecule has 1 N–H and O–H groups in total. The third-order valence-electron chi connectivity index (χ3n) is 5.27. The van der Waals surface area contributed by atoms with Crippen LogP contribution >= 0.6 is 23.2 Å². The molecule has 1 heterocycles. The molecule has 0 saturated heterocycles. The van der Waals surface area contributed by atoms with Crippen LogP contribution in [0.5, 0.6) is 11.5 Å². The fourth-order valence-electron chi connectivity index (χ4n) is 3.90. The van der Waals surface area contributed by atoms with E-state index >= 15 is 0 Å². The second-order valence-electron chi connectivity index (χ2n) is 7.07. The summed E-state index contributed by atoms with van der Waals surface area (Å²) >= 11 is 12.3. The van der Waals surface area contributed by atoms with Crippen molar-refractivity contribution in [2.45, 2.75) is 20.4 Å². The van der Waals surface area contributed by atoms with Gasteiger partial charge in [0.1, 0.15) is 23.1 Å². The summed E-state index contributed by atoms with van der Waals surface area (Å²) in [5, 5.41) is 13.6. The van der Waals surface area contributed by atoms with Gasteiger partial charge in [0.15, 0.2) is 0 Å². The van der Waals surface area contributed by atoms with Gasteiger partial charge in [0.25, 0.3) is 0 Å². The van der Waals surface area contributed by atoms with Gasteiger partial charge in [0, 0.05) is 21.9 Å². The fraction of sp³-hybridized carbons (Fsp3) is 0.208. The second-order valence-corrected chi connectivity index (χ2v) is 7.86. The standard InChI is InChI=1S/C24H21Cl2NO4/c1-3-30-24(29)21-14(2)27(11-12-31-20-10-6-9-18(25)22(20)26)23-16-8-5-4-7-15(16)19(28)13-17(21)23/h4-10,13,28H,3,11-12H2,1-2H3. The number of halogens is 2. The highest BCUT2D eigenvalue weighted by molar-refractivity contribution is 6.42. The molecule has 0 bridgehead atoms. The van der Waals surface area contributed by atoms with Gasteiger partial charge in [-0.2, -0.15) is 0 Å². The van der Waals surface area contributed by atoms with E-state index in [-0.39, 0.29) is 12.4 Å². The number of aromatic nitrogens is 1. The molecule has 0 atom stereocenters. The van der Waals surface area contributed by atoms with Crippen molar-refractivity contribution in [2.75, 3.05) is 13.2 Å². The molecule has 0 amide bonds. The summed E-state index contributed by atoms with van der Waals surface area (Å²) in [6.45, 7) is 4.66. The summed E-state index contributed by atoms with van der Waals surface area (Å²) in [5.74, 6) is 0.196. The molecule has 4 rings (SSSR count). The maximum Gasteiger partial charge on any atom is 0.340 e. The molecule has 0 spiro atoms. The fourth-order valence-corrected chi connectivity index (χ4v) is 4.25. The van der Waals surface area contributed by atoms with Crippen molar-refractivity contribution in [3.05, 3.63) is 69.8 Å². The predicted molar refractivity (Wildman–Crippen MR) is 124 cm³/mol. The number of phenolic OH excluding ortho intramolecular Hbond substituents is 1. The molecule has 5 nitrogen and oxygen atoms in total. The number of ether oxygens (including phenoxy) is 2. The number of rotatable bonds is 6. The number of nitrogens with zero attached hydrogens (tertiary/aromatic N) is 1. The molecule has 3 aromatic carbocycles. The van der Waals surface area contributed by atoms with Crippen molar-refractivity contribution < 1.29 is 19.4 Å². The average Bonchev–Trinajstić information content (AvgIpc) is 3.03. The molecule has 160 valence electrons. The Labute approximate surface area is 189 Å². The van der Waals surface area contributed by atoms with Crippen LogP contribution in [0.15, 0.2) is 48.5 Å². The molecular formula is C24H21Cl2NO4. The van der Waals surface area contributed by atoms with Gasteiger partial charge < -0.3 is 19.1 Å². The minimum atomic E-state index is -0.419. The van der Waals surface area contributed by atoms with Crippen molar-refractivity contribution in [2.24, 2.45) is 0 Å². The van der Waals surface area contributed by atoms with Gasteiger partial charge in [0.05, 0.1) is 29.3 Å². The molecule has 0 radical (unpaired) electrons. The molecule has 0 aliphatic rings. The minimum Gasteiger partial charge on any atom is -0.507 e. The highest BCUT2D eigenvalue weighted by atomic mass is 35.5. The topological polar surface area (TPSA) is 60.7 Å². The van der Waals surface area contributed by atoms with E-state index in [2.05, 4.69) is 0 Å². The van der Waals surface area contributed by atoms with Crippen LogP contribution in [0, 0.1) is 6.92 Å². The molecular weight excluding hydrogens is 437 g/mol. The lowest BCUT2D eigenvalue weighted by Crippen LogP contribution is -2.11. The molecule has 0 aliphatic heterocycles. The number of hydrogen-bond acceptors (Lipinski definition) is 4. The Morgan fingerprint density at radius 2 is 1.81 bits per heavy atom. The number of fused-ring (bicyclic) bond motifs is 3. The SMILES string of the molecule is CCOC(=O)c1c(C)n(CCOc2cccc(Cl)c2Cl)c2c1cc(O)c1ccccc12. The summed E-state index contributed by atoms with van der Waals surface area (Å²) in [5.41, 5.74) is 2.03. The lowest BCUT2D eigenvalue weighted by molar-refractivity contribution is 0.0527. The van der Waals surface area contributed by atoms with Gasteiger partial charge in [-0.05, 0) is 32.0 Å². The minimum absolute atomic E-state index is 0.118. The number of benzene rings is 3. The van der Waals surface area contributed by atoms with E-state index in [1.807, 2.05) is 35.8 Å². The Hall–Kier alpha value is -2.89. The summed E-state index contributed by atoms with van der Waals surface area (Å²) in [4.78, 5) is 12.7. The first-order valence-electron chi connectivity index (χ1n) is 9.91. The Morgan fingerprint density at radius 1 is 1.06 bits per heavy atom. The van der Waals surface area contributed by atoms with Crippen LogP contribution in [0.1, 0.15) is 23.0 Å². The Balaban J connectivity index is 1.81.